The Kier molecular flexibility index (Phi) is 4.53. The van der Waals surface area contributed by atoms with E-state index in [-0.39, 0.29) is 35.2 Å². The number of nitrogens with one attached hydrogen (secondary N) is 3. The molecule has 3 aliphatic rings. The highest BCUT2D eigenvalue weighted by atomic mass is 32.2. The lowest BCUT2D eigenvalue weighted by Crippen LogP contribution is -2.36. The first-order valence-electron chi connectivity index (χ1n) is 10.4. The number of anilines is 2. The number of nitrogens with zero attached hydrogens (tertiary/aromatic N) is 1. The predicted octanol–water partition coefficient (Wildman–Crippen LogP) is 3.50. The van der Waals surface area contributed by atoms with E-state index >= 15 is 0 Å². The van der Waals surface area contributed by atoms with Crippen molar-refractivity contribution in [2.75, 3.05) is 5.32 Å². The van der Waals surface area contributed by atoms with Crippen molar-refractivity contribution in [1.82, 2.24) is 15.5 Å². The summed E-state index contributed by atoms with van der Waals surface area (Å²) >= 11 is 0. The summed E-state index contributed by atoms with van der Waals surface area (Å²) in [5, 5.41) is 13.6. The van der Waals surface area contributed by atoms with E-state index in [1.54, 1.807) is 0 Å². The van der Waals surface area contributed by atoms with Gasteiger partial charge < -0.3 is 15.4 Å². The third-order valence-corrected chi connectivity index (χ3v) is 7.83. The maximum absolute atomic E-state index is 12.0. The van der Waals surface area contributed by atoms with Crippen LogP contribution in [0.5, 0.6) is 0 Å². The highest BCUT2D eigenvalue weighted by Crippen LogP contribution is 2.38. The average Bonchev–Trinajstić information content (AvgIpc) is 3.06. The molecular weight excluding hydrogens is 404 g/mol. The SMILES string of the molecule is CC1(NC(=O)O[C@H]2CC[C@@H](c3cc(Nc4ccc5c(c4)CS(=O)(=O)C5)n[nH]3)C2)CC1. The van der Waals surface area contributed by atoms with Crippen LogP contribution in [0.1, 0.15) is 61.8 Å². The molecule has 2 saturated carbocycles. The number of hydrogen-bond donors (Lipinski definition) is 3. The second-order valence-corrected chi connectivity index (χ2v) is 11.1. The van der Waals surface area contributed by atoms with Gasteiger partial charge in [-0.25, -0.2) is 13.2 Å². The van der Waals surface area contributed by atoms with Gasteiger partial charge in [0.05, 0.1) is 11.5 Å². The van der Waals surface area contributed by atoms with Crippen LogP contribution in [0.3, 0.4) is 0 Å². The zero-order valence-corrected chi connectivity index (χ0v) is 17.7. The van der Waals surface area contributed by atoms with Crippen molar-refractivity contribution in [3.05, 3.63) is 41.1 Å². The number of ether oxygens (including phenoxy) is 1. The van der Waals surface area contributed by atoms with E-state index in [0.717, 1.165) is 54.6 Å². The fourth-order valence-corrected chi connectivity index (χ4v) is 5.93. The van der Waals surface area contributed by atoms with Gasteiger partial charge in [-0.3, -0.25) is 5.10 Å². The van der Waals surface area contributed by atoms with E-state index in [2.05, 4.69) is 20.8 Å². The molecule has 1 aromatic heterocycles. The minimum absolute atomic E-state index is 0.0687. The normalized spacial score (nSPS) is 25.5. The standard InChI is InChI=1S/C21H26N4O4S/c1-21(6-7-21)23-20(26)29-17-5-3-13(9-17)18-10-19(25-24-18)22-16-4-2-14-11-30(27,28)12-15(14)8-16/h2,4,8,10,13,17H,3,5-7,9,11-12H2,1H3,(H,23,26)(H2,22,24,25)/t13-,17+/m1/s1. The Morgan fingerprint density at radius 1 is 1.20 bits per heavy atom. The fraction of sp³-hybridized carbons (Fsp3) is 0.524. The quantitative estimate of drug-likeness (QED) is 0.669. The topological polar surface area (TPSA) is 113 Å². The van der Waals surface area contributed by atoms with Crippen LogP contribution in [0.4, 0.5) is 16.3 Å². The second-order valence-electron chi connectivity index (χ2n) is 9.07. The van der Waals surface area contributed by atoms with E-state index in [0.29, 0.717) is 5.82 Å². The number of alkyl carbamates (subject to hydrolysis) is 1. The Morgan fingerprint density at radius 2 is 2.00 bits per heavy atom. The molecule has 0 bridgehead atoms. The molecule has 2 aliphatic carbocycles. The predicted molar refractivity (Wildman–Crippen MR) is 112 cm³/mol. The van der Waals surface area contributed by atoms with Crippen LogP contribution < -0.4 is 10.6 Å². The van der Waals surface area contributed by atoms with Crippen LogP contribution >= 0.6 is 0 Å². The number of amides is 1. The van der Waals surface area contributed by atoms with Crippen LogP contribution in [-0.2, 0) is 26.1 Å². The largest absolute Gasteiger partial charge is 0.446 e. The number of rotatable bonds is 5. The number of benzene rings is 1. The monoisotopic (exact) mass is 430 g/mol. The summed E-state index contributed by atoms with van der Waals surface area (Å²) < 4.78 is 29.2. The highest BCUT2D eigenvalue weighted by Gasteiger charge is 2.40. The van der Waals surface area contributed by atoms with Crippen LogP contribution in [0.25, 0.3) is 0 Å². The Balaban J connectivity index is 1.18. The van der Waals surface area contributed by atoms with Gasteiger partial charge in [-0.2, -0.15) is 5.10 Å². The maximum atomic E-state index is 12.0. The molecule has 0 radical (unpaired) electrons. The van der Waals surface area contributed by atoms with Gasteiger partial charge in [-0.15, -0.1) is 0 Å². The van der Waals surface area contributed by atoms with Gasteiger partial charge in [-0.05, 0) is 62.3 Å². The van der Waals surface area contributed by atoms with Gasteiger partial charge in [0, 0.05) is 28.9 Å². The molecule has 160 valence electrons. The summed E-state index contributed by atoms with van der Waals surface area (Å²) in [6.45, 7) is 2.03. The summed E-state index contributed by atoms with van der Waals surface area (Å²) in [6.07, 6.45) is 4.20. The highest BCUT2D eigenvalue weighted by molar-refractivity contribution is 7.90. The van der Waals surface area contributed by atoms with E-state index in [9.17, 15) is 13.2 Å². The molecule has 2 fully saturated rings. The van der Waals surface area contributed by atoms with Gasteiger partial charge in [-0.1, -0.05) is 6.07 Å². The van der Waals surface area contributed by atoms with Crippen molar-refractivity contribution in [2.45, 2.75) is 68.1 Å². The lowest BCUT2D eigenvalue weighted by molar-refractivity contribution is 0.0967. The van der Waals surface area contributed by atoms with Gasteiger partial charge in [0.1, 0.15) is 6.10 Å². The molecule has 0 unspecified atom stereocenters. The molecule has 0 spiro atoms. The molecular formula is C21H26N4O4S. The maximum Gasteiger partial charge on any atom is 0.407 e. The third-order valence-electron chi connectivity index (χ3n) is 6.33. The molecule has 9 heteroatoms. The molecule has 5 rings (SSSR count). The number of aromatic nitrogens is 2. The molecule has 8 nitrogen and oxygen atoms in total. The summed E-state index contributed by atoms with van der Waals surface area (Å²) in [4.78, 5) is 12.0. The van der Waals surface area contributed by atoms with Crippen LogP contribution in [0, 0.1) is 0 Å². The first kappa shape index (κ1) is 19.4. The molecule has 2 heterocycles. The van der Waals surface area contributed by atoms with E-state index in [1.807, 2.05) is 31.2 Å². The van der Waals surface area contributed by atoms with E-state index in [4.69, 9.17) is 4.74 Å². The summed E-state index contributed by atoms with van der Waals surface area (Å²) in [5.41, 5.74) is 3.49. The number of fused-ring (bicyclic) bond motifs is 1. The Morgan fingerprint density at radius 3 is 2.80 bits per heavy atom. The number of aromatic amines is 1. The summed E-state index contributed by atoms with van der Waals surface area (Å²) in [7, 11) is -3.01. The van der Waals surface area contributed by atoms with Crippen LogP contribution in [0.2, 0.25) is 0 Å². The zero-order valence-electron chi connectivity index (χ0n) is 16.9. The number of carbonyl (C=O) groups is 1. The second kappa shape index (κ2) is 7.01. The molecule has 1 amide bonds. The van der Waals surface area contributed by atoms with Crippen LogP contribution in [-0.4, -0.2) is 36.4 Å². The molecule has 2 aromatic rings. The minimum Gasteiger partial charge on any atom is -0.446 e. The minimum atomic E-state index is -3.01. The number of hydrogen-bond acceptors (Lipinski definition) is 6. The van der Waals surface area contributed by atoms with Crippen molar-refractivity contribution in [1.29, 1.82) is 0 Å². The smallest absolute Gasteiger partial charge is 0.407 e. The van der Waals surface area contributed by atoms with Crippen molar-refractivity contribution >= 4 is 27.4 Å². The van der Waals surface area contributed by atoms with Crippen molar-refractivity contribution in [3.8, 4) is 0 Å². The van der Waals surface area contributed by atoms with Crippen molar-refractivity contribution in [2.24, 2.45) is 0 Å². The number of carbonyl (C=O) groups excluding carboxylic acids is 1. The Labute approximate surface area is 175 Å². The van der Waals surface area contributed by atoms with E-state index in [1.165, 1.54) is 0 Å². The Bertz CT molecular complexity index is 1090. The lowest BCUT2D eigenvalue weighted by atomic mass is 10.0. The molecule has 0 saturated heterocycles. The number of H-pyrrole nitrogens is 1. The zero-order chi connectivity index (χ0) is 20.9. The van der Waals surface area contributed by atoms with E-state index < -0.39 is 9.84 Å². The first-order chi connectivity index (χ1) is 14.3. The van der Waals surface area contributed by atoms with Gasteiger partial charge in [0.15, 0.2) is 15.7 Å². The first-order valence-corrected chi connectivity index (χ1v) is 12.2. The summed E-state index contributed by atoms with van der Waals surface area (Å²) in [6, 6.07) is 7.60. The molecule has 3 N–H and O–H groups in total. The van der Waals surface area contributed by atoms with Crippen LogP contribution in [0.15, 0.2) is 24.3 Å². The molecule has 1 aromatic carbocycles. The third kappa shape index (κ3) is 4.16. The fourth-order valence-electron chi connectivity index (χ4n) is 4.33. The van der Waals surface area contributed by atoms with Crippen molar-refractivity contribution < 1.29 is 17.9 Å². The molecule has 2 atom stereocenters. The summed E-state index contributed by atoms with van der Waals surface area (Å²) in [5.74, 6) is 1.18. The lowest BCUT2D eigenvalue weighted by Gasteiger charge is -2.16. The van der Waals surface area contributed by atoms with Gasteiger partial charge in [0.25, 0.3) is 0 Å². The molecule has 1 aliphatic heterocycles. The van der Waals surface area contributed by atoms with Crippen molar-refractivity contribution in [3.63, 3.8) is 0 Å². The molecule has 30 heavy (non-hydrogen) atoms. The van der Waals surface area contributed by atoms with Gasteiger partial charge >= 0.3 is 6.09 Å². The Hall–Kier alpha value is -2.55. The van der Waals surface area contributed by atoms with Gasteiger partial charge in [0.2, 0.25) is 0 Å². The average molecular weight is 431 g/mol. The number of sulfone groups is 1.